The van der Waals surface area contributed by atoms with Crippen molar-refractivity contribution in [3.63, 3.8) is 0 Å². The summed E-state index contributed by atoms with van der Waals surface area (Å²) in [6, 6.07) is 3.72. The number of pyridine rings is 1. The zero-order valence-electron chi connectivity index (χ0n) is 17.6. The predicted octanol–water partition coefficient (Wildman–Crippen LogP) is 3.24. The summed E-state index contributed by atoms with van der Waals surface area (Å²) in [6.45, 7) is 9.20. The van der Waals surface area contributed by atoms with E-state index < -0.39 is 0 Å². The quantitative estimate of drug-likeness (QED) is 0.366. The highest BCUT2D eigenvalue weighted by atomic mass is 32.1. The maximum Gasteiger partial charge on any atom is 0.350 e. The molecule has 0 aromatic carbocycles. The van der Waals surface area contributed by atoms with Gasteiger partial charge in [-0.05, 0) is 32.8 Å². The zero-order chi connectivity index (χ0) is 21.2. The Bertz CT molecular complexity index is 820. The molecule has 0 saturated heterocycles. The molecule has 2 aromatic rings. The minimum Gasteiger partial charge on any atom is -0.478 e. The summed E-state index contributed by atoms with van der Waals surface area (Å²) < 4.78 is 10.6. The van der Waals surface area contributed by atoms with Crippen molar-refractivity contribution in [1.29, 1.82) is 0 Å². The van der Waals surface area contributed by atoms with Gasteiger partial charge in [-0.25, -0.2) is 14.8 Å². The molecule has 2 aromatic heterocycles. The summed E-state index contributed by atoms with van der Waals surface area (Å²) in [4.78, 5) is 25.6. The third-order valence-corrected chi connectivity index (χ3v) is 5.25. The second kappa shape index (κ2) is 11.4. The van der Waals surface area contributed by atoms with E-state index in [-0.39, 0.29) is 12.0 Å². The average Bonchev–Trinajstić information content (AvgIpc) is 3.12. The number of carbonyl (C=O) groups is 1. The number of aliphatic imine (C=N–C) groups is 1. The van der Waals surface area contributed by atoms with Crippen LogP contribution in [0.1, 0.15) is 59.2 Å². The lowest BCUT2D eigenvalue weighted by Crippen LogP contribution is -2.38. The SMILES string of the molecule is CCCOc1ccc(CNC(=NC)NC(C)c2nc(C)c(C(=O)OCC)s2)cn1. The third kappa shape index (κ3) is 6.70. The van der Waals surface area contributed by atoms with Gasteiger partial charge in [0.2, 0.25) is 5.88 Å². The minimum absolute atomic E-state index is 0.115. The minimum atomic E-state index is -0.331. The van der Waals surface area contributed by atoms with E-state index in [1.54, 1.807) is 20.2 Å². The molecule has 0 amide bonds. The molecular weight excluding hydrogens is 390 g/mol. The number of ether oxygens (including phenoxy) is 2. The van der Waals surface area contributed by atoms with Crippen molar-refractivity contribution in [2.75, 3.05) is 20.3 Å². The molecule has 8 nitrogen and oxygen atoms in total. The monoisotopic (exact) mass is 419 g/mol. The zero-order valence-corrected chi connectivity index (χ0v) is 18.4. The number of thiazole rings is 1. The van der Waals surface area contributed by atoms with E-state index in [2.05, 4.69) is 32.5 Å². The van der Waals surface area contributed by atoms with Crippen LogP contribution in [0.2, 0.25) is 0 Å². The maximum atomic E-state index is 12.0. The fourth-order valence-corrected chi connectivity index (χ4v) is 3.41. The number of hydrogen-bond acceptors (Lipinski definition) is 7. The molecule has 0 aliphatic rings. The number of guanidine groups is 1. The van der Waals surface area contributed by atoms with Gasteiger partial charge in [-0.1, -0.05) is 13.0 Å². The molecule has 29 heavy (non-hydrogen) atoms. The van der Waals surface area contributed by atoms with Crippen LogP contribution in [-0.2, 0) is 11.3 Å². The number of rotatable bonds is 9. The van der Waals surface area contributed by atoms with Crippen molar-refractivity contribution < 1.29 is 14.3 Å². The standard InChI is InChI=1S/C20H29N5O3S/c1-6-10-28-16-9-8-15(11-22-16)12-23-20(21-5)25-14(4)18-24-13(3)17(29-18)19(26)27-7-2/h8-9,11,14H,6-7,10,12H2,1-5H3,(H2,21,23,25). The molecule has 0 bridgehead atoms. The topological polar surface area (TPSA) is 97.7 Å². The first-order valence-electron chi connectivity index (χ1n) is 9.67. The lowest BCUT2D eigenvalue weighted by atomic mass is 10.3. The number of aromatic nitrogens is 2. The molecule has 2 rings (SSSR count). The van der Waals surface area contributed by atoms with Gasteiger partial charge in [0.1, 0.15) is 9.88 Å². The van der Waals surface area contributed by atoms with E-state index >= 15 is 0 Å². The Morgan fingerprint density at radius 1 is 1.34 bits per heavy atom. The normalized spacial score (nSPS) is 12.4. The van der Waals surface area contributed by atoms with E-state index in [0.717, 1.165) is 17.0 Å². The van der Waals surface area contributed by atoms with Crippen LogP contribution in [-0.4, -0.2) is 42.2 Å². The van der Waals surface area contributed by atoms with Crippen LogP contribution < -0.4 is 15.4 Å². The summed E-state index contributed by atoms with van der Waals surface area (Å²) in [5.41, 5.74) is 1.69. The van der Waals surface area contributed by atoms with E-state index in [9.17, 15) is 4.79 Å². The number of nitrogens with zero attached hydrogens (tertiary/aromatic N) is 3. The lowest BCUT2D eigenvalue weighted by Gasteiger charge is -2.16. The predicted molar refractivity (Wildman–Crippen MR) is 115 cm³/mol. The van der Waals surface area contributed by atoms with Crippen LogP contribution in [0.4, 0.5) is 0 Å². The second-order valence-electron chi connectivity index (χ2n) is 6.33. The molecular formula is C20H29N5O3S. The molecule has 0 fully saturated rings. The first-order valence-corrected chi connectivity index (χ1v) is 10.5. The summed E-state index contributed by atoms with van der Waals surface area (Å²) in [7, 11) is 1.71. The maximum absolute atomic E-state index is 12.0. The van der Waals surface area contributed by atoms with E-state index in [1.807, 2.05) is 26.0 Å². The number of aryl methyl sites for hydroxylation is 1. The average molecular weight is 420 g/mol. The van der Waals surface area contributed by atoms with Gasteiger partial charge in [-0.3, -0.25) is 4.99 Å². The Balaban J connectivity index is 1.92. The van der Waals surface area contributed by atoms with E-state index in [4.69, 9.17) is 9.47 Å². The smallest absolute Gasteiger partial charge is 0.350 e. The number of carbonyl (C=O) groups excluding carboxylic acids is 1. The fourth-order valence-electron chi connectivity index (χ4n) is 2.44. The van der Waals surface area contributed by atoms with Crippen LogP contribution in [0.25, 0.3) is 0 Å². The Hall–Kier alpha value is -2.68. The van der Waals surface area contributed by atoms with Crippen molar-refractivity contribution in [2.24, 2.45) is 4.99 Å². The summed E-state index contributed by atoms with van der Waals surface area (Å²) in [5, 5.41) is 7.35. The summed E-state index contributed by atoms with van der Waals surface area (Å²) >= 11 is 1.34. The highest BCUT2D eigenvalue weighted by Gasteiger charge is 2.20. The van der Waals surface area contributed by atoms with Crippen LogP contribution in [0.15, 0.2) is 23.3 Å². The van der Waals surface area contributed by atoms with Crippen molar-refractivity contribution in [3.05, 3.63) is 39.5 Å². The van der Waals surface area contributed by atoms with Crippen LogP contribution in [0.5, 0.6) is 5.88 Å². The lowest BCUT2D eigenvalue weighted by molar-refractivity contribution is 0.0531. The highest BCUT2D eigenvalue weighted by molar-refractivity contribution is 7.13. The van der Waals surface area contributed by atoms with Gasteiger partial charge in [0.25, 0.3) is 0 Å². The highest BCUT2D eigenvalue weighted by Crippen LogP contribution is 2.24. The molecule has 0 aliphatic carbocycles. The van der Waals surface area contributed by atoms with Crippen molar-refractivity contribution in [2.45, 2.75) is 46.7 Å². The molecule has 2 heterocycles. The summed E-state index contributed by atoms with van der Waals surface area (Å²) in [6.07, 6.45) is 2.73. The van der Waals surface area contributed by atoms with Crippen LogP contribution >= 0.6 is 11.3 Å². The van der Waals surface area contributed by atoms with Gasteiger partial charge in [0, 0.05) is 25.9 Å². The number of hydrogen-bond donors (Lipinski definition) is 2. The van der Waals surface area contributed by atoms with Gasteiger partial charge in [0.15, 0.2) is 5.96 Å². The van der Waals surface area contributed by atoms with Gasteiger partial charge < -0.3 is 20.1 Å². The number of esters is 1. The molecule has 9 heteroatoms. The van der Waals surface area contributed by atoms with Crippen LogP contribution in [0.3, 0.4) is 0 Å². The summed E-state index contributed by atoms with van der Waals surface area (Å²) in [5.74, 6) is 0.931. The fraction of sp³-hybridized carbons (Fsp3) is 0.500. The van der Waals surface area contributed by atoms with Gasteiger partial charge >= 0.3 is 5.97 Å². The third-order valence-electron chi connectivity index (χ3n) is 3.93. The van der Waals surface area contributed by atoms with Crippen LogP contribution in [0, 0.1) is 6.92 Å². The van der Waals surface area contributed by atoms with Gasteiger partial charge in [-0.15, -0.1) is 11.3 Å². The Morgan fingerprint density at radius 3 is 2.76 bits per heavy atom. The molecule has 0 radical (unpaired) electrons. The van der Waals surface area contributed by atoms with Gasteiger partial charge in [0.05, 0.1) is 24.9 Å². The molecule has 1 atom stereocenters. The molecule has 158 valence electrons. The molecule has 1 unspecified atom stereocenters. The van der Waals surface area contributed by atoms with Gasteiger partial charge in [-0.2, -0.15) is 0 Å². The second-order valence-corrected chi connectivity index (χ2v) is 7.36. The van der Waals surface area contributed by atoms with E-state index in [0.29, 0.717) is 42.2 Å². The molecule has 0 spiro atoms. The van der Waals surface area contributed by atoms with Crippen molar-refractivity contribution in [1.82, 2.24) is 20.6 Å². The first-order chi connectivity index (χ1) is 14.0. The first kappa shape index (κ1) is 22.6. The Morgan fingerprint density at radius 2 is 2.14 bits per heavy atom. The Labute approximate surface area is 175 Å². The molecule has 0 saturated carbocycles. The largest absolute Gasteiger partial charge is 0.478 e. The Kier molecular flexibility index (Phi) is 8.85. The van der Waals surface area contributed by atoms with Crippen molar-refractivity contribution in [3.8, 4) is 5.88 Å². The van der Waals surface area contributed by atoms with E-state index in [1.165, 1.54) is 11.3 Å². The molecule has 0 aliphatic heterocycles. The van der Waals surface area contributed by atoms with Crippen molar-refractivity contribution >= 4 is 23.3 Å². The molecule has 2 N–H and O–H groups in total. The number of nitrogens with one attached hydrogen (secondary N) is 2.